The fourth-order valence-electron chi connectivity index (χ4n) is 0.216. The molecule has 0 unspecified atom stereocenters. The molecule has 1 rings (SSSR count). The molecule has 0 aromatic carbocycles. The molecule has 0 amide bonds. The van der Waals surface area contributed by atoms with Crippen LogP contribution in [0.25, 0.3) is 0 Å². The third-order valence-corrected chi connectivity index (χ3v) is 1.17. The van der Waals surface area contributed by atoms with Crippen LogP contribution in [0.3, 0.4) is 0 Å². The predicted octanol–water partition coefficient (Wildman–Crippen LogP) is -0.532. The summed E-state index contributed by atoms with van der Waals surface area (Å²) in [6, 6.07) is 1.85. The molecule has 1 aromatic heterocycles. The van der Waals surface area contributed by atoms with Gasteiger partial charge in [-0.1, -0.05) is 0 Å². The SMILES string of the molecule is [Sn][c]1ccno1. The Morgan fingerprint density at radius 3 is 2.83 bits per heavy atom. The first-order chi connectivity index (χ1) is 2.89. The molecular weight excluding hydrogens is 185 g/mol. The van der Waals surface area contributed by atoms with Crippen LogP contribution in [0.4, 0.5) is 0 Å². The molecule has 0 aliphatic rings. The van der Waals surface area contributed by atoms with Gasteiger partial charge in [0, 0.05) is 0 Å². The molecule has 1 heterocycles. The molecule has 3 heteroatoms. The van der Waals surface area contributed by atoms with Crippen LogP contribution < -0.4 is 3.78 Å². The summed E-state index contributed by atoms with van der Waals surface area (Å²) in [5, 5.41) is 3.47. The first kappa shape index (κ1) is 4.18. The van der Waals surface area contributed by atoms with E-state index in [1.165, 1.54) is 22.5 Å². The van der Waals surface area contributed by atoms with Crippen LogP contribution in [0.2, 0.25) is 0 Å². The van der Waals surface area contributed by atoms with Crippen LogP contribution in [-0.2, 0) is 0 Å². The van der Waals surface area contributed by atoms with E-state index in [-0.39, 0.29) is 0 Å². The van der Waals surface area contributed by atoms with Crippen LogP contribution in [0.1, 0.15) is 0 Å². The molecule has 2 nitrogen and oxygen atoms in total. The molecule has 0 N–H and O–H groups in total. The van der Waals surface area contributed by atoms with Gasteiger partial charge in [0.2, 0.25) is 0 Å². The predicted molar refractivity (Wildman–Crippen MR) is 21.9 cm³/mol. The van der Waals surface area contributed by atoms with Crippen molar-refractivity contribution in [3.05, 3.63) is 12.3 Å². The molecule has 3 radical (unpaired) electrons. The van der Waals surface area contributed by atoms with E-state index in [9.17, 15) is 0 Å². The summed E-state index contributed by atoms with van der Waals surface area (Å²) in [6.07, 6.45) is 1.64. The zero-order valence-electron chi connectivity index (χ0n) is 3.01. The van der Waals surface area contributed by atoms with Crippen molar-refractivity contribution >= 4 is 26.3 Å². The van der Waals surface area contributed by atoms with Gasteiger partial charge in [0.1, 0.15) is 0 Å². The van der Waals surface area contributed by atoms with Crippen molar-refractivity contribution in [2.24, 2.45) is 0 Å². The summed E-state index contributed by atoms with van der Waals surface area (Å²) >= 11 is 1.28. The minimum absolute atomic E-state index is 0.946. The third kappa shape index (κ3) is 0.739. The molecule has 0 fully saturated rings. The summed E-state index contributed by atoms with van der Waals surface area (Å²) in [4.78, 5) is 0. The zero-order valence-corrected chi connectivity index (χ0v) is 5.86. The molecule has 1 aromatic rings. The number of nitrogens with zero attached hydrogens (tertiary/aromatic N) is 1. The van der Waals surface area contributed by atoms with Gasteiger partial charge in [-0.15, -0.1) is 0 Å². The van der Waals surface area contributed by atoms with Gasteiger partial charge in [-0.25, -0.2) is 0 Å². The Kier molecular flexibility index (Phi) is 1.14. The summed E-state index contributed by atoms with van der Waals surface area (Å²) < 4.78 is 5.57. The number of hydrogen-bond acceptors (Lipinski definition) is 2. The Hall–Kier alpha value is 0.00870. The van der Waals surface area contributed by atoms with Gasteiger partial charge < -0.3 is 0 Å². The molecule has 29 valence electrons. The minimum atomic E-state index is 0.946. The second-order valence-corrected chi connectivity index (χ2v) is 2.28. The second kappa shape index (κ2) is 1.64. The zero-order chi connectivity index (χ0) is 4.41. The van der Waals surface area contributed by atoms with Gasteiger partial charge >= 0.3 is 48.2 Å². The molecule has 0 aliphatic heterocycles. The summed E-state index contributed by atoms with van der Waals surface area (Å²) in [6.45, 7) is 0. The van der Waals surface area contributed by atoms with Crippen molar-refractivity contribution in [3.8, 4) is 0 Å². The Labute approximate surface area is 48.6 Å². The van der Waals surface area contributed by atoms with Crippen molar-refractivity contribution in [1.29, 1.82) is 0 Å². The van der Waals surface area contributed by atoms with E-state index in [1.807, 2.05) is 6.07 Å². The molecule has 0 bridgehead atoms. The maximum atomic E-state index is 4.62. The summed E-state index contributed by atoms with van der Waals surface area (Å²) in [5.74, 6) is 0. The van der Waals surface area contributed by atoms with Gasteiger partial charge in [0.25, 0.3) is 0 Å². The van der Waals surface area contributed by atoms with Crippen LogP contribution >= 0.6 is 0 Å². The van der Waals surface area contributed by atoms with E-state index in [2.05, 4.69) is 9.68 Å². The first-order valence-electron chi connectivity index (χ1n) is 1.52. The van der Waals surface area contributed by atoms with E-state index in [0.29, 0.717) is 0 Å². The van der Waals surface area contributed by atoms with Crippen molar-refractivity contribution in [3.63, 3.8) is 0 Å². The molecule has 0 spiro atoms. The van der Waals surface area contributed by atoms with Crippen molar-refractivity contribution in [2.75, 3.05) is 0 Å². The average Bonchev–Trinajstić information content (AvgIpc) is 1.86. The van der Waals surface area contributed by atoms with Crippen LogP contribution in [0.15, 0.2) is 16.8 Å². The van der Waals surface area contributed by atoms with Crippen molar-refractivity contribution in [2.45, 2.75) is 0 Å². The molecule has 0 aliphatic carbocycles. The van der Waals surface area contributed by atoms with Gasteiger partial charge in [0.05, 0.1) is 0 Å². The Morgan fingerprint density at radius 2 is 2.67 bits per heavy atom. The number of aromatic nitrogens is 1. The van der Waals surface area contributed by atoms with E-state index in [1.54, 1.807) is 6.20 Å². The molecule has 0 saturated heterocycles. The monoisotopic (exact) mass is 188 g/mol. The third-order valence-electron chi connectivity index (χ3n) is 0.438. The van der Waals surface area contributed by atoms with Crippen LogP contribution in [0, 0.1) is 0 Å². The molecule has 0 atom stereocenters. The number of rotatable bonds is 0. The van der Waals surface area contributed by atoms with Gasteiger partial charge in [-0.05, 0) is 0 Å². The fraction of sp³-hybridized carbons (Fsp3) is 0. The van der Waals surface area contributed by atoms with E-state index < -0.39 is 0 Å². The second-order valence-electron chi connectivity index (χ2n) is 0.877. The standard InChI is InChI=1S/C3H2NO.Sn/c1-2-4-5-3-1;/h1-2H;. The van der Waals surface area contributed by atoms with Crippen LogP contribution in [0.5, 0.6) is 0 Å². The topological polar surface area (TPSA) is 26.0 Å². The van der Waals surface area contributed by atoms with Gasteiger partial charge in [0.15, 0.2) is 0 Å². The molecular formula is C3H2NOSn. The summed E-state index contributed by atoms with van der Waals surface area (Å²) in [7, 11) is 0. The first-order valence-corrected chi connectivity index (χ1v) is 2.94. The average molecular weight is 187 g/mol. The fourth-order valence-corrected chi connectivity index (χ4v) is 0.579. The Balaban J connectivity index is 3.05. The van der Waals surface area contributed by atoms with E-state index >= 15 is 0 Å². The van der Waals surface area contributed by atoms with Gasteiger partial charge in [-0.3, -0.25) is 0 Å². The van der Waals surface area contributed by atoms with Crippen molar-refractivity contribution < 1.29 is 4.52 Å². The van der Waals surface area contributed by atoms with Crippen molar-refractivity contribution in [1.82, 2.24) is 5.16 Å². The van der Waals surface area contributed by atoms with Gasteiger partial charge in [-0.2, -0.15) is 0 Å². The number of hydrogen-bond donors (Lipinski definition) is 0. The Bertz CT molecular complexity index is 114. The molecule has 6 heavy (non-hydrogen) atoms. The van der Waals surface area contributed by atoms with E-state index in [0.717, 1.165) is 3.78 Å². The van der Waals surface area contributed by atoms with E-state index in [4.69, 9.17) is 0 Å². The quantitative estimate of drug-likeness (QED) is 0.510. The Morgan fingerprint density at radius 1 is 1.83 bits per heavy atom. The van der Waals surface area contributed by atoms with Crippen LogP contribution in [-0.4, -0.2) is 27.7 Å². The molecule has 0 saturated carbocycles. The maximum absolute atomic E-state index is 4.62. The summed E-state index contributed by atoms with van der Waals surface area (Å²) in [5.41, 5.74) is 0. The normalized spacial score (nSPS) is 8.83.